The van der Waals surface area contributed by atoms with E-state index < -0.39 is 0 Å². The van der Waals surface area contributed by atoms with E-state index in [4.69, 9.17) is 11.6 Å². The van der Waals surface area contributed by atoms with Crippen LogP contribution in [0.1, 0.15) is 81.7 Å². The third-order valence-corrected chi connectivity index (χ3v) is 5.72. The van der Waals surface area contributed by atoms with Crippen molar-refractivity contribution in [1.82, 2.24) is 0 Å². The van der Waals surface area contributed by atoms with Crippen LogP contribution in [0.4, 0.5) is 0 Å². The van der Waals surface area contributed by atoms with Gasteiger partial charge >= 0.3 is 0 Å². The Morgan fingerprint density at radius 3 is 2.24 bits per heavy atom. The standard InChI is InChI=1S/C20H31Cl/c1-3-5-7-17-10-14-19(15-11-17)20(21)18-12-8-16(6-4-2)9-13-18/h8-9,12-13,17,19-20H,3-7,10-11,14-15H2,1-2H3. The maximum Gasteiger partial charge on any atom is 0.0613 e. The normalized spacial score (nSPS) is 24.0. The number of halogens is 1. The molecule has 1 aromatic rings. The number of unbranched alkanes of at least 4 members (excludes halogenated alkanes) is 1. The molecule has 118 valence electrons. The van der Waals surface area contributed by atoms with Crippen LogP contribution in [0.25, 0.3) is 0 Å². The molecule has 1 atom stereocenters. The van der Waals surface area contributed by atoms with Crippen LogP contribution in [0.5, 0.6) is 0 Å². The van der Waals surface area contributed by atoms with Crippen molar-refractivity contribution in [2.24, 2.45) is 11.8 Å². The van der Waals surface area contributed by atoms with Gasteiger partial charge in [-0.15, -0.1) is 11.6 Å². The van der Waals surface area contributed by atoms with Gasteiger partial charge in [-0.25, -0.2) is 0 Å². The summed E-state index contributed by atoms with van der Waals surface area (Å²) in [6.45, 7) is 4.53. The fourth-order valence-corrected chi connectivity index (χ4v) is 4.09. The van der Waals surface area contributed by atoms with E-state index in [0.29, 0.717) is 5.92 Å². The summed E-state index contributed by atoms with van der Waals surface area (Å²) in [4.78, 5) is 0. The van der Waals surface area contributed by atoms with Crippen LogP contribution in [-0.2, 0) is 6.42 Å². The smallest absolute Gasteiger partial charge is 0.0613 e. The van der Waals surface area contributed by atoms with E-state index in [2.05, 4.69) is 38.1 Å². The highest BCUT2D eigenvalue weighted by molar-refractivity contribution is 6.21. The average Bonchev–Trinajstić information content (AvgIpc) is 2.54. The van der Waals surface area contributed by atoms with Crippen molar-refractivity contribution in [3.63, 3.8) is 0 Å². The molecule has 0 aliphatic heterocycles. The zero-order valence-corrected chi connectivity index (χ0v) is 14.5. The Balaban J connectivity index is 1.84. The van der Waals surface area contributed by atoms with Crippen LogP contribution in [0.3, 0.4) is 0 Å². The number of hydrogen-bond donors (Lipinski definition) is 0. The van der Waals surface area contributed by atoms with Gasteiger partial charge < -0.3 is 0 Å². The summed E-state index contributed by atoms with van der Waals surface area (Å²) in [5.41, 5.74) is 2.77. The summed E-state index contributed by atoms with van der Waals surface area (Å²) in [6, 6.07) is 9.04. The number of aryl methyl sites for hydroxylation is 1. The van der Waals surface area contributed by atoms with Gasteiger partial charge in [-0.3, -0.25) is 0 Å². The van der Waals surface area contributed by atoms with E-state index in [1.807, 2.05) is 0 Å². The van der Waals surface area contributed by atoms with Gasteiger partial charge in [0.2, 0.25) is 0 Å². The molecule has 0 amide bonds. The average molecular weight is 307 g/mol. The molecule has 0 radical (unpaired) electrons. The van der Waals surface area contributed by atoms with Crippen molar-refractivity contribution in [1.29, 1.82) is 0 Å². The highest BCUT2D eigenvalue weighted by Gasteiger charge is 2.27. The molecule has 0 nitrogen and oxygen atoms in total. The molecule has 1 heteroatoms. The van der Waals surface area contributed by atoms with Crippen LogP contribution >= 0.6 is 11.6 Å². The first-order chi connectivity index (χ1) is 10.2. The van der Waals surface area contributed by atoms with E-state index in [1.165, 1.54) is 68.9 Å². The second-order valence-corrected chi connectivity index (χ2v) is 7.29. The molecule has 1 aliphatic carbocycles. The molecule has 21 heavy (non-hydrogen) atoms. The first-order valence-electron chi connectivity index (χ1n) is 8.97. The second-order valence-electron chi connectivity index (χ2n) is 6.82. The molecule has 1 fully saturated rings. The number of benzene rings is 1. The van der Waals surface area contributed by atoms with Crippen LogP contribution in [0.15, 0.2) is 24.3 Å². The van der Waals surface area contributed by atoms with E-state index >= 15 is 0 Å². The lowest BCUT2D eigenvalue weighted by Gasteiger charge is -2.31. The van der Waals surface area contributed by atoms with E-state index in [1.54, 1.807) is 0 Å². The Bertz CT molecular complexity index is 387. The SMILES string of the molecule is CCCCC1CCC(C(Cl)c2ccc(CCC)cc2)CC1. The van der Waals surface area contributed by atoms with Crippen molar-refractivity contribution in [2.75, 3.05) is 0 Å². The molecule has 2 rings (SSSR count). The minimum absolute atomic E-state index is 0.216. The molecule has 0 saturated heterocycles. The summed E-state index contributed by atoms with van der Waals surface area (Å²) >= 11 is 6.77. The number of rotatable bonds is 7. The predicted octanol–water partition coefficient (Wildman–Crippen LogP) is 6.92. The van der Waals surface area contributed by atoms with E-state index in [-0.39, 0.29) is 5.38 Å². The molecule has 0 spiro atoms. The molecule has 1 aromatic carbocycles. The summed E-state index contributed by atoms with van der Waals surface area (Å²) in [5.74, 6) is 1.65. The highest BCUT2D eigenvalue weighted by Crippen LogP contribution is 2.41. The lowest BCUT2D eigenvalue weighted by Crippen LogP contribution is -2.18. The molecule has 1 saturated carbocycles. The van der Waals surface area contributed by atoms with Gasteiger partial charge in [-0.2, -0.15) is 0 Å². The molecule has 0 N–H and O–H groups in total. The molecule has 1 unspecified atom stereocenters. The summed E-state index contributed by atoms with van der Waals surface area (Å²) < 4.78 is 0. The van der Waals surface area contributed by atoms with Crippen LogP contribution < -0.4 is 0 Å². The third kappa shape index (κ3) is 5.02. The fraction of sp³-hybridized carbons (Fsp3) is 0.700. The van der Waals surface area contributed by atoms with Crippen LogP contribution in [0.2, 0.25) is 0 Å². The minimum Gasteiger partial charge on any atom is -0.118 e. The van der Waals surface area contributed by atoms with Crippen molar-refractivity contribution in [2.45, 2.75) is 77.0 Å². The van der Waals surface area contributed by atoms with Crippen molar-refractivity contribution < 1.29 is 0 Å². The first-order valence-corrected chi connectivity index (χ1v) is 9.41. The highest BCUT2D eigenvalue weighted by atomic mass is 35.5. The monoisotopic (exact) mass is 306 g/mol. The molecular formula is C20H31Cl. The molecule has 0 heterocycles. The van der Waals surface area contributed by atoms with Crippen molar-refractivity contribution >= 4 is 11.6 Å². The quantitative estimate of drug-likeness (QED) is 0.480. The number of alkyl halides is 1. The Hall–Kier alpha value is -0.490. The third-order valence-electron chi connectivity index (χ3n) is 5.11. The molecule has 0 bridgehead atoms. The Kier molecular flexibility index (Phi) is 7.10. The second kappa shape index (κ2) is 8.83. The van der Waals surface area contributed by atoms with Crippen molar-refractivity contribution in [3.8, 4) is 0 Å². The van der Waals surface area contributed by atoms with E-state index in [0.717, 1.165) is 5.92 Å². The van der Waals surface area contributed by atoms with Gasteiger partial charge in [0.1, 0.15) is 0 Å². The van der Waals surface area contributed by atoms with Gasteiger partial charge in [-0.05, 0) is 42.2 Å². The van der Waals surface area contributed by atoms with Gasteiger partial charge in [0.05, 0.1) is 5.38 Å². The topological polar surface area (TPSA) is 0 Å². The Labute approximate surface area is 136 Å². The van der Waals surface area contributed by atoms with Crippen molar-refractivity contribution in [3.05, 3.63) is 35.4 Å². The number of hydrogen-bond acceptors (Lipinski definition) is 0. The zero-order valence-electron chi connectivity index (χ0n) is 13.8. The summed E-state index contributed by atoms with van der Waals surface area (Å²) in [5, 5.41) is 0.216. The van der Waals surface area contributed by atoms with Gasteiger partial charge in [-0.1, -0.05) is 76.6 Å². The van der Waals surface area contributed by atoms with E-state index in [9.17, 15) is 0 Å². The largest absolute Gasteiger partial charge is 0.118 e. The van der Waals surface area contributed by atoms with Gasteiger partial charge in [0.25, 0.3) is 0 Å². The zero-order chi connectivity index (χ0) is 15.1. The first kappa shape index (κ1) is 16.9. The predicted molar refractivity (Wildman–Crippen MR) is 94.0 cm³/mol. The lowest BCUT2D eigenvalue weighted by molar-refractivity contribution is 0.254. The molecular weight excluding hydrogens is 276 g/mol. The summed E-state index contributed by atoms with van der Waals surface area (Å²) in [7, 11) is 0. The molecule has 0 aromatic heterocycles. The Morgan fingerprint density at radius 1 is 1.00 bits per heavy atom. The maximum absolute atomic E-state index is 6.77. The summed E-state index contributed by atoms with van der Waals surface area (Å²) in [6.07, 6.45) is 12.0. The lowest BCUT2D eigenvalue weighted by atomic mass is 9.77. The van der Waals surface area contributed by atoms with Crippen LogP contribution in [-0.4, -0.2) is 0 Å². The van der Waals surface area contributed by atoms with Crippen LogP contribution in [0, 0.1) is 11.8 Å². The minimum atomic E-state index is 0.216. The van der Waals surface area contributed by atoms with Gasteiger partial charge in [0.15, 0.2) is 0 Å². The van der Waals surface area contributed by atoms with Gasteiger partial charge in [0, 0.05) is 0 Å². The Morgan fingerprint density at radius 2 is 1.67 bits per heavy atom. The fourth-order valence-electron chi connectivity index (χ4n) is 3.69. The molecule has 1 aliphatic rings. The maximum atomic E-state index is 6.77.